The molecule has 11 heteroatoms. The third-order valence-corrected chi connectivity index (χ3v) is 4.89. The lowest BCUT2D eigenvalue weighted by Gasteiger charge is -2.46. The third-order valence-electron chi connectivity index (χ3n) is 4.89. The number of methoxy groups -OCH3 is 1. The highest BCUT2D eigenvalue weighted by Gasteiger charge is 2.50. The van der Waals surface area contributed by atoms with E-state index >= 15 is 0 Å². The molecule has 4 N–H and O–H groups in total. The van der Waals surface area contributed by atoms with Crippen LogP contribution in [0.5, 0.6) is 0 Å². The maximum absolute atomic E-state index is 10.4. The summed E-state index contributed by atoms with van der Waals surface area (Å²) in [7, 11) is 1.27. The minimum absolute atomic E-state index is 0.421. The van der Waals surface area contributed by atoms with Crippen molar-refractivity contribution in [3.63, 3.8) is 0 Å². The molecule has 2 aliphatic rings. The number of rotatable bonds is 7. The van der Waals surface area contributed by atoms with Crippen molar-refractivity contribution in [2.45, 2.75) is 75.6 Å². The fraction of sp³-hybridized carbons (Fsp3) is 1.00. The topological polar surface area (TPSA) is 159 Å². The van der Waals surface area contributed by atoms with Crippen LogP contribution in [-0.2, 0) is 28.9 Å². The maximum Gasteiger partial charge on any atom is 0.186 e. The van der Waals surface area contributed by atoms with Gasteiger partial charge in [-0.1, -0.05) is 13.8 Å². The second kappa shape index (κ2) is 9.66. The largest absolute Gasteiger partial charge is 0.692 e. The number of hydrogen-bond donors (Lipinski definition) is 4. The van der Waals surface area contributed by atoms with Gasteiger partial charge in [0.05, 0.1) is 12.2 Å². The molecule has 4 unspecified atom stereocenters. The van der Waals surface area contributed by atoms with Crippen LogP contribution in [0.4, 0.5) is 0 Å². The molecule has 26 heavy (non-hydrogen) atoms. The molecule has 0 aromatic rings. The van der Waals surface area contributed by atoms with Gasteiger partial charge in [-0.3, -0.25) is 5.04 Å². The van der Waals surface area contributed by atoms with Gasteiger partial charge in [0.25, 0.3) is 0 Å². The predicted molar refractivity (Wildman–Crippen MR) is 79.7 cm³/mol. The van der Waals surface area contributed by atoms with Gasteiger partial charge in [0.2, 0.25) is 0 Å². The lowest BCUT2D eigenvalue weighted by molar-refractivity contribution is -0.801. The van der Waals surface area contributed by atoms with Gasteiger partial charge >= 0.3 is 0 Å². The Morgan fingerprint density at radius 2 is 1.58 bits per heavy atom. The third kappa shape index (κ3) is 4.51. The molecule has 0 radical (unpaired) electrons. The van der Waals surface area contributed by atoms with Crippen LogP contribution in [0.15, 0.2) is 0 Å². The fourth-order valence-electron chi connectivity index (χ4n) is 3.22. The average Bonchev–Trinajstić information content (AvgIpc) is 2.64. The van der Waals surface area contributed by atoms with Gasteiger partial charge < -0.3 is 44.6 Å². The molecule has 0 amide bonds. The van der Waals surface area contributed by atoms with E-state index in [4.69, 9.17) is 18.9 Å². The fourth-order valence-corrected chi connectivity index (χ4v) is 3.22. The molecular weight excluding hydrogens is 356 g/mol. The van der Waals surface area contributed by atoms with Crippen molar-refractivity contribution < 1.29 is 54.6 Å². The standard InChI is InChI=1S/C15H28O11/c1-4-7-9(16)6(2)10(17)15(23-7)25-13-8(5-22-26-20)24-14(21-3)12(19)11(13)18/h6-20H,4-5H2,1-3H3/p-1/t6-,7?,8?,9+,10?,11+,12?,13-,14+,15-/m0/s1. The molecule has 2 saturated heterocycles. The maximum atomic E-state index is 10.4. The van der Waals surface area contributed by atoms with Crippen LogP contribution in [-0.4, -0.2) is 89.5 Å². The van der Waals surface area contributed by atoms with Crippen molar-refractivity contribution in [2.24, 2.45) is 5.92 Å². The molecule has 2 rings (SSSR count). The summed E-state index contributed by atoms with van der Waals surface area (Å²) >= 11 is 0. The Morgan fingerprint density at radius 1 is 0.923 bits per heavy atom. The lowest BCUT2D eigenvalue weighted by Crippen LogP contribution is -2.63. The molecular formula is C15H27O11-. The van der Waals surface area contributed by atoms with E-state index < -0.39 is 67.8 Å². The highest BCUT2D eigenvalue weighted by atomic mass is 17.5. The monoisotopic (exact) mass is 383 g/mol. The van der Waals surface area contributed by atoms with E-state index in [1.165, 1.54) is 7.11 Å². The normalized spacial score (nSPS) is 47.1. The summed E-state index contributed by atoms with van der Waals surface area (Å²) in [5.74, 6) is -0.545. The molecule has 2 fully saturated rings. The van der Waals surface area contributed by atoms with E-state index in [-0.39, 0.29) is 0 Å². The van der Waals surface area contributed by atoms with Gasteiger partial charge in [-0.2, -0.15) is 0 Å². The van der Waals surface area contributed by atoms with Gasteiger partial charge in [-0.05, 0) is 6.42 Å². The lowest BCUT2D eigenvalue weighted by atomic mass is 9.89. The second-order valence-corrected chi connectivity index (χ2v) is 6.50. The van der Waals surface area contributed by atoms with Gasteiger partial charge in [0, 0.05) is 13.0 Å². The minimum Gasteiger partial charge on any atom is -0.692 e. The van der Waals surface area contributed by atoms with Crippen LogP contribution < -0.4 is 5.26 Å². The number of aliphatic hydroxyl groups excluding tert-OH is 4. The van der Waals surface area contributed by atoms with Gasteiger partial charge in [0.15, 0.2) is 12.6 Å². The van der Waals surface area contributed by atoms with Gasteiger partial charge in [-0.25, -0.2) is 4.89 Å². The summed E-state index contributed by atoms with van der Waals surface area (Å²) in [5.41, 5.74) is 0. The molecule has 154 valence electrons. The molecule has 10 atom stereocenters. The van der Waals surface area contributed by atoms with Crippen molar-refractivity contribution >= 4 is 0 Å². The zero-order chi connectivity index (χ0) is 19.4. The summed E-state index contributed by atoms with van der Waals surface area (Å²) in [6, 6.07) is 0. The Labute approximate surface area is 150 Å². The first kappa shape index (κ1) is 21.9. The highest BCUT2D eigenvalue weighted by molar-refractivity contribution is 4.93. The van der Waals surface area contributed by atoms with E-state index in [1.54, 1.807) is 6.92 Å². The van der Waals surface area contributed by atoms with Crippen molar-refractivity contribution in [3.8, 4) is 0 Å². The number of hydrogen-bond acceptors (Lipinski definition) is 11. The Morgan fingerprint density at radius 3 is 2.15 bits per heavy atom. The van der Waals surface area contributed by atoms with Crippen LogP contribution in [0.25, 0.3) is 0 Å². The summed E-state index contributed by atoms with van der Waals surface area (Å²) in [4.78, 5) is 4.32. The van der Waals surface area contributed by atoms with Crippen LogP contribution in [0.3, 0.4) is 0 Å². The minimum atomic E-state index is -1.48. The van der Waals surface area contributed by atoms with Gasteiger partial charge in [0.1, 0.15) is 37.1 Å². The van der Waals surface area contributed by atoms with E-state index in [9.17, 15) is 25.7 Å². The predicted octanol–water partition coefficient (Wildman–Crippen LogP) is -2.82. The number of aliphatic hydroxyl groups is 4. The van der Waals surface area contributed by atoms with Crippen LogP contribution >= 0.6 is 0 Å². The number of ether oxygens (including phenoxy) is 4. The summed E-state index contributed by atoms with van der Waals surface area (Å²) < 4.78 is 21.6. The molecule has 0 bridgehead atoms. The first-order chi connectivity index (χ1) is 12.3. The Balaban J connectivity index is 2.14. The zero-order valence-electron chi connectivity index (χ0n) is 14.8. The molecule has 0 aromatic heterocycles. The van der Waals surface area contributed by atoms with Crippen molar-refractivity contribution in [1.82, 2.24) is 0 Å². The van der Waals surface area contributed by atoms with Crippen molar-refractivity contribution in [3.05, 3.63) is 0 Å². The molecule has 11 nitrogen and oxygen atoms in total. The van der Waals surface area contributed by atoms with E-state index in [2.05, 4.69) is 9.93 Å². The summed E-state index contributed by atoms with van der Waals surface area (Å²) in [5, 5.41) is 54.4. The van der Waals surface area contributed by atoms with E-state index in [0.29, 0.717) is 6.42 Å². The zero-order valence-corrected chi connectivity index (χ0v) is 14.8. The Bertz CT molecular complexity index is 422. The highest BCUT2D eigenvalue weighted by Crippen LogP contribution is 2.32. The molecule has 0 aromatic carbocycles. The van der Waals surface area contributed by atoms with Crippen molar-refractivity contribution in [1.29, 1.82) is 0 Å². The summed E-state index contributed by atoms with van der Waals surface area (Å²) in [6.07, 6.45) is -9.71. The Kier molecular flexibility index (Phi) is 8.12. The Hall–Kier alpha value is -0.440. The van der Waals surface area contributed by atoms with Crippen LogP contribution in [0.2, 0.25) is 0 Å². The molecule has 0 aliphatic carbocycles. The first-order valence-corrected chi connectivity index (χ1v) is 8.48. The van der Waals surface area contributed by atoms with Crippen LogP contribution in [0, 0.1) is 5.92 Å². The molecule has 2 aliphatic heterocycles. The van der Waals surface area contributed by atoms with Gasteiger partial charge in [-0.15, -0.1) is 0 Å². The van der Waals surface area contributed by atoms with Crippen LogP contribution in [0.1, 0.15) is 20.3 Å². The van der Waals surface area contributed by atoms with E-state index in [0.717, 1.165) is 0 Å². The average molecular weight is 383 g/mol. The summed E-state index contributed by atoms with van der Waals surface area (Å²) in [6.45, 7) is 3.03. The first-order valence-electron chi connectivity index (χ1n) is 8.48. The molecule has 2 heterocycles. The quantitative estimate of drug-likeness (QED) is 0.265. The molecule has 0 saturated carbocycles. The second-order valence-electron chi connectivity index (χ2n) is 6.50. The van der Waals surface area contributed by atoms with Crippen molar-refractivity contribution in [2.75, 3.05) is 13.7 Å². The SMILES string of the molecule is CCC1O[C@@H](O[C@H]2C(COO[O-])O[C@@H](OC)C(O)[C@H]2O)C(O)[C@@H](C)[C@H]1O. The molecule has 0 spiro atoms. The smallest absolute Gasteiger partial charge is 0.186 e. The van der Waals surface area contributed by atoms with E-state index in [1.807, 2.05) is 6.92 Å².